The van der Waals surface area contributed by atoms with Gasteiger partial charge in [-0.1, -0.05) is 6.07 Å². The van der Waals surface area contributed by atoms with Crippen LogP contribution in [0.25, 0.3) is 11.3 Å². The summed E-state index contributed by atoms with van der Waals surface area (Å²) in [6.45, 7) is 1.59. The molecule has 1 atom stereocenters. The predicted octanol–water partition coefficient (Wildman–Crippen LogP) is 0.775. The number of hydrogen-bond donors (Lipinski definition) is 2. The predicted molar refractivity (Wildman–Crippen MR) is 99.0 cm³/mol. The van der Waals surface area contributed by atoms with E-state index in [-0.39, 0.29) is 11.5 Å². The average Bonchev–Trinajstić information content (AvgIpc) is 2.92. The van der Waals surface area contributed by atoms with Crippen molar-refractivity contribution >= 4 is 5.91 Å². The molecule has 4 heterocycles. The summed E-state index contributed by atoms with van der Waals surface area (Å²) in [7, 11) is 0. The Kier molecular flexibility index (Phi) is 4.71. The molecule has 2 N–H and O–H groups in total. The fourth-order valence-corrected chi connectivity index (χ4v) is 3.06. The normalized spacial score (nSPS) is 16.2. The van der Waals surface area contributed by atoms with Crippen LogP contribution >= 0.6 is 0 Å². The van der Waals surface area contributed by atoms with E-state index in [0.29, 0.717) is 36.8 Å². The van der Waals surface area contributed by atoms with E-state index < -0.39 is 6.04 Å². The van der Waals surface area contributed by atoms with Gasteiger partial charge < -0.3 is 10.6 Å². The van der Waals surface area contributed by atoms with E-state index >= 15 is 0 Å². The number of fused-ring (bicyclic) bond motifs is 1. The molecule has 27 heavy (non-hydrogen) atoms. The Labute approximate surface area is 155 Å². The molecule has 1 aliphatic heterocycles. The van der Waals surface area contributed by atoms with Gasteiger partial charge in [0.1, 0.15) is 11.5 Å². The fraction of sp³-hybridized carbons (Fsp3) is 0.211. The molecular formula is C19H18N6O2. The molecule has 8 nitrogen and oxygen atoms in total. The SMILES string of the molecule is O=C(NC1CNCCn2c1nc(-c1ccncc1)cc2=O)c1ccccn1. The van der Waals surface area contributed by atoms with E-state index in [1.54, 1.807) is 53.5 Å². The van der Waals surface area contributed by atoms with Crippen molar-refractivity contribution in [1.29, 1.82) is 0 Å². The Hall–Kier alpha value is -3.39. The summed E-state index contributed by atoms with van der Waals surface area (Å²) in [5.74, 6) is 0.225. The quantitative estimate of drug-likeness (QED) is 0.714. The molecule has 1 aliphatic rings. The van der Waals surface area contributed by atoms with Gasteiger partial charge in [0.25, 0.3) is 11.5 Å². The molecule has 8 heteroatoms. The molecule has 0 saturated carbocycles. The average molecular weight is 362 g/mol. The van der Waals surface area contributed by atoms with Crippen molar-refractivity contribution in [2.75, 3.05) is 13.1 Å². The van der Waals surface area contributed by atoms with Gasteiger partial charge in [0.05, 0.1) is 11.7 Å². The summed E-state index contributed by atoms with van der Waals surface area (Å²) in [5.41, 5.74) is 1.54. The first kappa shape index (κ1) is 17.0. The molecular weight excluding hydrogens is 344 g/mol. The molecule has 136 valence electrons. The number of hydrogen-bond acceptors (Lipinski definition) is 6. The molecule has 0 saturated heterocycles. The summed E-state index contributed by atoms with van der Waals surface area (Å²) in [5, 5.41) is 6.18. The second-order valence-corrected chi connectivity index (χ2v) is 6.17. The molecule has 0 bridgehead atoms. The van der Waals surface area contributed by atoms with Crippen LogP contribution in [0.2, 0.25) is 0 Å². The lowest BCUT2D eigenvalue weighted by molar-refractivity contribution is 0.0929. The highest BCUT2D eigenvalue weighted by atomic mass is 16.2. The number of nitrogens with one attached hydrogen (secondary N) is 2. The van der Waals surface area contributed by atoms with E-state index in [0.717, 1.165) is 5.56 Å². The molecule has 0 spiro atoms. The first-order valence-corrected chi connectivity index (χ1v) is 8.67. The summed E-state index contributed by atoms with van der Waals surface area (Å²) in [6.07, 6.45) is 4.88. The second-order valence-electron chi connectivity index (χ2n) is 6.17. The van der Waals surface area contributed by atoms with Crippen LogP contribution in [0.1, 0.15) is 22.4 Å². The van der Waals surface area contributed by atoms with Gasteiger partial charge in [-0.2, -0.15) is 0 Å². The third kappa shape index (κ3) is 3.61. The largest absolute Gasteiger partial charge is 0.339 e. The van der Waals surface area contributed by atoms with Crippen LogP contribution in [0.4, 0.5) is 0 Å². The zero-order valence-electron chi connectivity index (χ0n) is 14.5. The lowest BCUT2D eigenvalue weighted by Gasteiger charge is -2.19. The Morgan fingerprint density at radius 3 is 2.81 bits per heavy atom. The van der Waals surface area contributed by atoms with Crippen LogP contribution < -0.4 is 16.2 Å². The smallest absolute Gasteiger partial charge is 0.270 e. The maximum absolute atomic E-state index is 12.7. The molecule has 3 aromatic heterocycles. The first-order chi connectivity index (χ1) is 13.2. The minimum Gasteiger partial charge on any atom is -0.339 e. The second kappa shape index (κ2) is 7.46. The van der Waals surface area contributed by atoms with Crippen molar-refractivity contribution in [3.8, 4) is 11.3 Å². The number of aromatic nitrogens is 4. The van der Waals surface area contributed by atoms with Crippen LogP contribution in [-0.2, 0) is 6.54 Å². The highest BCUT2D eigenvalue weighted by molar-refractivity contribution is 5.92. The number of pyridine rings is 2. The maximum Gasteiger partial charge on any atom is 0.270 e. The van der Waals surface area contributed by atoms with Gasteiger partial charge in [0.15, 0.2) is 0 Å². The number of carbonyl (C=O) groups is 1. The van der Waals surface area contributed by atoms with Crippen molar-refractivity contribution in [3.63, 3.8) is 0 Å². The molecule has 0 fully saturated rings. The number of nitrogens with zero attached hydrogens (tertiary/aromatic N) is 4. The van der Waals surface area contributed by atoms with Crippen molar-refractivity contribution in [3.05, 3.63) is 76.9 Å². The monoisotopic (exact) mass is 362 g/mol. The van der Waals surface area contributed by atoms with E-state index in [4.69, 9.17) is 4.98 Å². The summed E-state index contributed by atoms with van der Waals surface area (Å²) < 4.78 is 1.61. The highest BCUT2D eigenvalue weighted by Crippen LogP contribution is 2.18. The van der Waals surface area contributed by atoms with Crippen LogP contribution in [0, 0.1) is 0 Å². The van der Waals surface area contributed by atoms with E-state index in [9.17, 15) is 9.59 Å². The van der Waals surface area contributed by atoms with Crippen molar-refractivity contribution < 1.29 is 4.79 Å². The Morgan fingerprint density at radius 2 is 2.04 bits per heavy atom. The van der Waals surface area contributed by atoms with Gasteiger partial charge in [0, 0.05) is 49.9 Å². The molecule has 0 radical (unpaired) electrons. The van der Waals surface area contributed by atoms with Crippen molar-refractivity contribution in [2.24, 2.45) is 0 Å². The molecule has 0 aliphatic carbocycles. The molecule has 0 aromatic carbocycles. The van der Waals surface area contributed by atoms with Crippen molar-refractivity contribution in [2.45, 2.75) is 12.6 Å². The number of rotatable bonds is 3. The zero-order valence-corrected chi connectivity index (χ0v) is 14.5. The van der Waals surface area contributed by atoms with Crippen molar-refractivity contribution in [1.82, 2.24) is 30.2 Å². The highest BCUT2D eigenvalue weighted by Gasteiger charge is 2.24. The topological polar surface area (TPSA) is 102 Å². The van der Waals surface area contributed by atoms with E-state index in [1.165, 1.54) is 6.07 Å². The zero-order chi connectivity index (χ0) is 18.6. The lowest BCUT2D eigenvalue weighted by atomic mass is 10.1. The molecule has 4 rings (SSSR count). The van der Waals surface area contributed by atoms with Gasteiger partial charge in [0.2, 0.25) is 0 Å². The Balaban J connectivity index is 1.72. The van der Waals surface area contributed by atoms with Gasteiger partial charge in [-0.15, -0.1) is 0 Å². The summed E-state index contributed by atoms with van der Waals surface area (Å²) >= 11 is 0. The van der Waals surface area contributed by atoms with Gasteiger partial charge in [-0.25, -0.2) is 4.98 Å². The van der Waals surface area contributed by atoms with Gasteiger partial charge >= 0.3 is 0 Å². The standard InChI is InChI=1S/C19H18N6O2/c26-17-11-15(13-4-7-20-8-5-13)23-18-16(12-21-9-10-25(17)18)24-19(27)14-3-1-2-6-22-14/h1-8,11,16,21H,9-10,12H2,(H,24,27). The van der Waals surface area contributed by atoms with Crippen LogP contribution in [-0.4, -0.2) is 38.5 Å². The first-order valence-electron chi connectivity index (χ1n) is 8.67. The van der Waals surface area contributed by atoms with Crippen LogP contribution in [0.5, 0.6) is 0 Å². The van der Waals surface area contributed by atoms with Crippen LogP contribution in [0.15, 0.2) is 59.8 Å². The molecule has 1 unspecified atom stereocenters. The maximum atomic E-state index is 12.7. The number of carbonyl (C=O) groups excluding carboxylic acids is 1. The third-order valence-corrected chi connectivity index (χ3v) is 4.39. The molecule has 3 aromatic rings. The Bertz CT molecular complexity index is 1000. The lowest BCUT2D eigenvalue weighted by Crippen LogP contribution is -2.37. The summed E-state index contributed by atoms with van der Waals surface area (Å²) in [4.78, 5) is 38.0. The van der Waals surface area contributed by atoms with Gasteiger partial charge in [-0.3, -0.25) is 24.1 Å². The fourth-order valence-electron chi connectivity index (χ4n) is 3.06. The minimum absolute atomic E-state index is 0.146. The molecule has 1 amide bonds. The third-order valence-electron chi connectivity index (χ3n) is 4.39. The van der Waals surface area contributed by atoms with E-state index in [1.807, 2.05) is 0 Å². The number of amides is 1. The van der Waals surface area contributed by atoms with E-state index in [2.05, 4.69) is 20.6 Å². The summed E-state index contributed by atoms with van der Waals surface area (Å²) in [6, 6.07) is 9.82. The van der Waals surface area contributed by atoms with Gasteiger partial charge in [-0.05, 0) is 24.3 Å². The van der Waals surface area contributed by atoms with Crippen LogP contribution in [0.3, 0.4) is 0 Å². The minimum atomic E-state index is -0.448. The Morgan fingerprint density at radius 1 is 1.19 bits per heavy atom.